The Morgan fingerprint density at radius 2 is 1.89 bits per heavy atom. The van der Waals surface area contributed by atoms with Crippen LogP contribution in [-0.2, 0) is 6.42 Å². The van der Waals surface area contributed by atoms with E-state index in [4.69, 9.17) is 4.99 Å². The monoisotopic (exact) mass is 250 g/mol. The minimum absolute atomic E-state index is 0.901. The van der Waals surface area contributed by atoms with Crippen molar-refractivity contribution in [3.8, 4) is 0 Å². The van der Waals surface area contributed by atoms with Crippen molar-refractivity contribution in [2.75, 3.05) is 6.54 Å². The van der Waals surface area contributed by atoms with Crippen molar-refractivity contribution in [2.24, 2.45) is 9.98 Å². The summed E-state index contributed by atoms with van der Waals surface area (Å²) in [5, 5.41) is 0. The number of benzene rings is 1. The van der Waals surface area contributed by atoms with Gasteiger partial charge in [0.2, 0.25) is 0 Å². The number of nitrogens with zero attached hydrogens (tertiary/aromatic N) is 2. The van der Waals surface area contributed by atoms with Crippen molar-refractivity contribution in [2.45, 2.75) is 26.2 Å². The summed E-state index contributed by atoms with van der Waals surface area (Å²) in [7, 11) is 0. The van der Waals surface area contributed by atoms with Crippen LogP contribution in [0.15, 0.2) is 52.5 Å². The van der Waals surface area contributed by atoms with Gasteiger partial charge in [0.15, 0.2) is 0 Å². The molecule has 3 rings (SSSR count). The van der Waals surface area contributed by atoms with Crippen LogP contribution in [-0.4, -0.2) is 18.0 Å². The molecule has 19 heavy (non-hydrogen) atoms. The van der Waals surface area contributed by atoms with Gasteiger partial charge in [0.1, 0.15) is 0 Å². The first-order valence-electron chi connectivity index (χ1n) is 6.90. The van der Waals surface area contributed by atoms with Crippen molar-refractivity contribution in [3.63, 3.8) is 0 Å². The Morgan fingerprint density at radius 3 is 2.68 bits per heavy atom. The van der Waals surface area contributed by atoms with Gasteiger partial charge in [-0.25, -0.2) is 4.99 Å². The van der Waals surface area contributed by atoms with Gasteiger partial charge in [-0.3, -0.25) is 4.99 Å². The van der Waals surface area contributed by atoms with Crippen molar-refractivity contribution >= 4 is 17.1 Å². The van der Waals surface area contributed by atoms with Gasteiger partial charge in [0, 0.05) is 17.8 Å². The van der Waals surface area contributed by atoms with Gasteiger partial charge < -0.3 is 0 Å². The molecular formula is C17H18N2. The topological polar surface area (TPSA) is 24.7 Å². The fourth-order valence-corrected chi connectivity index (χ4v) is 2.60. The van der Waals surface area contributed by atoms with Crippen LogP contribution in [0.1, 0.15) is 30.9 Å². The van der Waals surface area contributed by atoms with Gasteiger partial charge in [0.05, 0.1) is 11.4 Å². The van der Waals surface area contributed by atoms with E-state index in [1.54, 1.807) is 0 Å². The summed E-state index contributed by atoms with van der Waals surface area (Å²) in [6, 6.07) is 6.37. The standard InChI is InChI=1S/C17H18N2/c1-13-17-14(11-12-18-13)7-6-10-16(17)19-15-8-4-2-3-5-9-15/h4-10H,2-3,11-12H2,1H3. The normalized spacial score (nSPS) is 17.7. The van der Waals surface area contributed by atoms with Crippen LogP contribution in [0, 0.1) is 0 Å². The predicted molar refractivity (Wildman–Crippen MR) is 81.8 cm³/mol. The number of rotatable bonds is 1. The Hall–Kier alpha value is -1.96. The van der Waals surface area contributed by atoms with Crippen LogP contribution < -0.4 is 0 Å². The van der Waals surface area contributed by atoms with E-state index >= 15 is 0 Å². The van der Waals surface area contributed by atoms with Crippen LogP contribution >= 0.6 is 0 Å². The van der Waals surface area contributed by atoms with Crippen LogP contribution in [0.5, 0.6) is 0 Å². The number of hydrogen-bond donors (Lipinski definition) is 0. The van der Waals surface area contributed by atoms with E-state index in [1.807, 2.05) is 0 Å². The van der Waals surface area contributed by atoms with E-state index in [0.717, 1.165) is 42.9 Å². The Morgan fingerprint density at radius 1 is 1.11 bits per heavy atom. The second-order valence-electron chi connectivity index (χ2n) is 4.95. The fraction of sp³-hybridized carbons (Fsp3) is 0.294. The molecule has 0 saturated heterocycles. The van der Waals surface area contributed by atoms with Gasteiger partial charge >= 0.3 is 0 Å². The highest BCUT2D eigenvalue weighted by Gasteiger charge is 2.14. The lowest BCUT2D eigenvalue weighted by Gasteiger charge is -2.16. The first-order chi connectivity index (χ1) is 9.34. The number of allylic oxidation sites excluding steroid dienone is 4. The molecule has 1 aliphatic carbocycles. The molecule has 0 N–H and O–H groups in total. The molecule has 0 aromatic heterocycles. The maximum atomic E-state index is 4.80. The molecule has 0 spiro atoms. The van der Waals surface area contributed by atoms with Crippen LogP contribution in [0.3, 0.4) is 0 Å². The number of aliphatic imine (C=N–C) groups is 2. The highest BCUT2D eigenvalue weighted by atomic mass is 14.8. The highest BCUT2D eigenvalue weighted by molar-refractivity contribution is 6.09. The summed E-state index contributed by atoms with van der Waals surface area (Å²) >= 11 is 0. The lowest BCUT2D eigenvalue weighted by Crippen LogP contribution is -2.10. The molecule has 0 atom stereocenters. The zero-order chi connectivity index (χ0) is 13.1. The quantitative estimate of drug-likeness (QED) is 0.719. The molecule has 0 fully saturated rings. The lowest BCUT2D eigenvalue weighted by molar-refractivity contribution is 0.941. The van der Waals surface area contributed by atoms with E-state index in [-0.39, 0.29) is 0 Å². The Labute approximate surface area is 114 Å². The molecule has 1 heterocycles. The summed E-state index contributed by atoms with van der Waals surface area (Å²) in [6.07, 6.45) is 11.8. The zero-order valence-electron chi connectivity index (χ0n) is 11.3. The van der Waals surface area contributed by atoms with Crippen LogP contribution in [0.25, 0.3) is 0 Å². The second-order valence-corrected chi connectivity index (χ2v) is 4.95. The maximum Gasteiger partial charge on any atom is 0.0730 e. The summed E-state index contributed by atoms with van der Waals surface area (Å²) < 4.78 is 0. The van der Waals surface area contributed by atoms with E-state index in [2.05, 4.69) is 54.4 Å². The van der Waals surface area contributed by atoms with Crippen molar-refractivity contribution in [1.29, 1.82) is 0 Å². The summed E-state index contributed by atoms with van der Waals surface area (Å²) in [5.74, 6) is 0. The SMILES string of the molecule is CC1=NCCc2cccc(N=C3C=CCCC=C3)c21. The van der Waals surface area contributed by atoms with Crippen molar-refractivity contribution in [1.82, 2.24) is 0 Å². The molecule has 2 heteroatoms. The highest BCUT2D eigenvalue weighted by Crippen LogP contribution is 2.27. The van der Waals surface area contributed by atoms with Crippen LogP contribution in [0.4, 0.5) is 5.69 Å². The van der Waals surface area contributed by atoms with E-state index in [1.165, 1.54) is 11.1 Å². The minimum atomic E-state index is 0.901. The van der Waals surface area contributed by atoms with E-state index in [9.17, 15) is 0 Å². The summed E-state index contributed by atoms with van der Waals surface area (Å²) in [6.45, 7) is 2.99. The van der Waals surface area contributed by atoms with Gasteiger partial charge in [-0.15, -0.1) is 0 Å². The molecule has 1 aliphatic heterocycles. The second kappa shape index (κ2) is 5.35. The van der Waals surface area contributed by atoms with E-state index in [0.29, 0.717) is 0 Å². The van der Waals surface area contributed by atoms with Crippen molar-refractivity contribution < 1.29 is 0 Å². The molecule has 0 radical (unpaired) electrons. The molecule has 0 saturated carbocycles. The molecular weight excluding hydrogens is 232 g/mol. The molecule has 2 nitrogen and oxygen atoms in total. The minimum Gasteiger partial charge on any atom is -0.289 e. The maximum absolute atomic E-state index is 4.80. The summed E-state index contributed by atoms with van der Waals surface area (Å²) in [4.78, 5) is 9.36. The molecule has 2 aliphatic rings. The Bertz CT molecular complexity index is 588. The molecule has 0 amide bonds. The first-order valence-corrected chi connectivity index (χ1v) is 6.90. The average molecular weight is 250 g/mol. The van der Waals surface area contributed by atoms with Gasteiger partial charge in [-0.05, 0) is 50.0 Å². The van der Waals surface area contributed by atoms with Crippen molar-refractivity contribution in [3.05, 3.63) is 53.6 Å². The third-order valence-corrected chi connectivity index (χ3v) is 3.55. The smallest absolute Gasteiger partial charge is 0.0730 e. The van der Waals surface area contributed by atoms with Gasteiger partial charge in [0.25, 0.3) is 0 Å². The molecule has 96 valence electrons. The van der Waals surface area contributed by atoms with Crippen LogP contribution in [0.2, 0.25) is 0 Å². The molecule has 1 aromatic carbocycles. The Balaban J connectivity index is 2.07. The third-order valence-electron chi connectivity index (χ3n) is 3.55. The summed E-state index contributed by atoms with van der Waals surface area (Å²) in [5.41, 5.74) is 5.79. The Kier molecular flexibility index (Phi) is 3.41. The number of hydrogen-bond acceptors (Lipinski definition) is 2. The first kappa shape index (κ1) is 12.1. The van der Waals surface area contributed by atoms with Gasteiger partial charge in [-0.1, -0.05) is 24.3 Å². The zero-order valence-corrected chi connectivity index (χ0v) is 11.3. The van der Waals surface area contributed by atoms with Gasteiger partial charge in [-0.2, -0.15) is 0 Å². The fourth-order valence-electron chi connectivity index (χ4n) is 2.60. The molecule has 0 bridgehead atoms. The molecule has 1 aromatic rings. The average Bonchev–Trinajstić information content (AvgIpc) is 2.68. The lowest BCUT2D eigenvalue weighted by atomic mass is 9.96. The largest absolute Gasteiger partial charge is 0.289 e. The number of fused-ring (bicyclic) bond motifs is 1. The predicted octanol–water partition coefficient (Wildman–Crippen LogP) is 4.03. The van der Waals surface area contributed by atoms with E-state index < -0.39 is 0 Å². The molecule has 0 unspecified atom stereocenters. The third kappa shape index (κ3) is 2.58.